The van der Waals surface area contributed by atoms with Crippen molar-refractivity contribution in [3.63, 3.8) is 0 Å². The first-order valence-electron chi connectivity index (χ1n) is 7.93. The van der Waals surface area contributed by atoms with Crippen LogP contribution in [0.5, 0.6) is 0 Å². The summed E-state index contributed by atoms with van der Waals surface area (Å²) in [5.74, 6) is -0.898. The first-order chi connectivity index (χ1) is 10.4. The highest BCUT2D eigenvalue weighted by atomic mass is 16.4. The minimum atomic E-state index is -0.793. The van der Waals surface area contributed by atoms with Gasteiger partial charge in [-0.25, -0.2) is 0 Å². The number of amides is 1. The number of nitrogens with zero attached hydrogens (tertiary/aromatic N) is 1. The fourth-order valence-corrected chi connectivity index (χ4v) is 3.26. The van der Waals surface area contributed by atoms with Crippen molar-refractivity contribution in [1.82, 2.24) is 4.90 Å². The maximum Gasteiger partial charge on any atom is 0.308 e. The zero-order valence-corrected chi connectivity index (χ0v) is 13.6. The van der Waals surface area contributed by atoms with Gasteiger partial charge in [-0.05, 0) is 43.7 Å². The lowest BCUT2D eigenvalue weighted by Gasteiger charge is -2.34. The third kappa shape index (κ3) is 4.09. The second-order valence-electron chi connectivity index (χ2n) is 6.60. The summed E-state index contributed by atoms with van der Waals surface area (Å²) in [4.78, 5) is 25.3. The van der Waals surface area contributed by atoms with Crippen molar-refractivity contribution < 1.29 is 14.7 Å². The molecule has 1 amide bonds. The van der Waals surface area contributed by atoms with E-state index in [1.165, 1.54) is 16.7 Å². The highest BCUT2D eigenvalue weighted by molar-refractivity contribution is 5.78. The van der Waals surface area contributed by atoms with E-state index in [9.17, 15) is 14.7 Å². The molecular formula is C18H25NO3. The van der Waals surface area contributed by atoms with Crippen molar-refractivity contribution in [2.24, 2.45) is 11.8 Å². The predicted molar refractivity (Wildman–Crippen MR) is 85.7 cm³/mol. The number of hydrogen-bond acceptors (Lipinski definition) is 2. The summed E-state index contributed by atoms with van der Waals surface area (Å²) in [5.41, 5.74) is 3.63. The van der Waals surface area contributed by atoms with Gasteiger partial charge in [0.1, 0.15) is 0 Å². The molecule has 1 saturated heterocycles. The van der Waals surface area contributed by atoms with E-state index >= 15 is 0 Å². The second kappa shape index (κ2) is 6.95. The van der Waals surface area contributed by atoms with Gasteiger partial charge in [0.2, 0.25) is 5.91 Å². The van der Waals surface area contributed by atoms with Crippen LogP contribution in [-0.4, -0.2) is 35.0 Å². The molecule has 22 heavy (non-hydrogen) atoms. The summed E-state index contributed by atoms with van der Waals surface area (Å²) in [7, 11) is 0. The Morgan fingerprint density at radius 3 is 2.64 bits per heavy atom. The topological polar surface area (TPSA) is 57.6 Å². The van der Waals surface area contributed by atoms with Gasteiger partial charge in [-0.1, -0.05) is 30.7 Å². The molecule has 1 heterocycles. The molecular weight excluding hydrogens is 278 g/mol. The standard InChI is InChI=1S/C18H25NO3/c1-12-4-5-15(14(3)8-12)6-7-17(20)19-10-13(2)9-16(11-19)18(21)22/h4-5,8,13,16H,6-7,9-11H2,1-3H3,(H,21,22). The van der Waals surface area contributed by atoms with Crippen molar-refractivity contribution in [3.8, 4) is 0 Å². The Bertz CT molecular complexity index is 567. The van der Waals surface area contributed by atoms with Crippen LogP contribution in [0.2, 0.25) is 0 Å². The quantitative estimate of drug-likeness (QED) is 0.930. The molecule has 2 atom stereocenters. The molecule has 2 rings (SSSR count). The minimum absolute atomic E-state index is 0.0674. The smallest absolute Gasteiger partial charge is 0.308 e. The number of carboxylic acid groups (broad SMARTS) is 1. The maximum atomic E-state index is 12.4. The third-order valence-corrected chi connectivity index (χ3v) is 4.47. The molecule has 4 heteroatoms. The van der Waals surface area contributed by atoms with Crippen molar-refractivity contribution in [3.05, 3.63) is 34.9 Å². The number of piperidine rings is 1. The minimum Gasteiger partial charge on any atom is -0.481 e. The molecule has 0 saturated carbocycles. The fourth-order valence-electron chi connectivity index (χ4n) is 3.26. The third-order valence-electron chi connectivity index (χ3n) is 4.47. The zero-order valence-electron chi connectivity index (χ0n) is 13.6. The maximum absolute atomic E-state index is 12.4. The summed E-state index contributed by atoms with van der Waals surface area (Å²) in [6.07, 6.45) is 1.83. The van der Waals surface area contributed by atoms with Gasteiger partial charge in [-0.15, -0.1) is 0 Å². The van der Waals surface area contributed by atoms with Crippen LogP contribution >= 0.6 is 0 Å². The fraction of sp³-hybridized carbons (Fsp3) is 0.556. The summed E-state index contributed by atoms with van der Waals surface area (Å²) in [6, 6.07) is 6.27. The number of likely N-dealkylation sites (tertiary alicyclic amines) is 1. The lowest BCUT2D eigenvalue weighted by molar-refractivity contribution is -0.146. The molecule has 1 aliphatic heterocycles. The number of aryl methyl sites for hydroxylation is 3. The Morgan fingerprint density at radius 2 is 2.00 bits per heavy atom. The molecule has 1 N–H and O–H groups in total. The Hall–Kier alpha value is -1.84. The van der Waals surface area contributed by atoms with Gasteiger partial charge < -0.3 is 10.0 Å². The Kier molecular flexibility index (Phi) is 5.22. The molecule has 0 aromatic heterocycles. The van der Waals surface area contributed by atoms with E-state index in [4.69, 9.17) is 0 Å². The van der Waals surface area contributed by atoms with Gasteiger partial charge in [0.25, 0.3) is 0 Å². The molecule has 4 nitrogen and oxygen atoms in total. The van der Waals surface area contributed by atoms with E-state index in [0.717, 1.165) is 0 Å². The lowest BCUT2D eigenvalue weighted by atomic mass is 9.90. The average Bonchev–Trinajstić information content (AvgIpc) is 2.45. The highest BCUT2D eigenvalue weighted by Gasteiger charge is 2.31. The van der Waals surface area contributed by atoms with Crippen molar-refractivity contribution in [2.75, 3.05) is 13.1 Å². The molecule has 0 bridgehead atoms. The first kappa shape index (κ1) is 16.5. The predicted octanol–water partition coefficient (Wildman–Crippen LogP) is 2.81. The largest absolute Gasteiger partial charge is 0.481 e. The second-order valence-corrected chi connectivity index (χ2v) is 6.60. The molecule has 120 valence electrons. The molecule has 0 aliphatic carbocycles. The Morgan fingerprint density at radius 1 is 1.27 bits per heavy atom. The summed E-state index contributed by atoms with van der Waals surface area (Å²) in [6.45, 7) is 7.17. The number of carboxylic acids is 1. The van der Waals surface area contributed by atoms with Crippen LogP contribution in [0.4, 0.5) is 0 Å². The number of carbonyl (C=O) groups excluding carboxylic acids is 1. The Balaban J connectivity index is 1.95. The monoisotopic (exact) mass is 303 g/mol. The SMILES string of the molecule is Cc1ccc(CCC(=O)N2CC(C)CC(C(=O)O)C2)c(C)c1. The van der Waals surface area contributed by atoms with Crippen molar-refractivity contribution >= 4 is 11.9 Å². The molecule has 1 aromatic carbocycles. The van der Waals surface area contributed by atoms with Gasteiger partial charge >= 0.3 is 5.97 Å². The normalized spacial score (nSPS) is 21.7. The molecule has 1 aromatic rings. The summed E-state index contributed by atoms with van der Waals surface area (Å²) in [5, 5.41) is 9.19. The van der Waals surface area contributed by atoms with Gasteiger partial charge in [0, 0.05) is 19.5 Å². The van der Waals surface area contributed by atoms with Gasteiger partial charge in [-0.3, -0.25) is 9.59 Å². The first-order valence-corrected chi connectivity index (χ1v) is 7.93. The van der Waals surface area contributed by atoms with Crippen LogP contribution < -0.4 is 0 Å². The van der Waals surface area contributed by atoms with Crippen LogP contribution in [0.25, 0.3) is 0 Å². The van der Waals surface area contributed by atoms with Crippen LogP contribution in [-0.2, 0) is 16.0 Å². The zero-order chi connectivity index (χ0) is 16.3. The number of aliphatic carboxylic acids is 1. The molecule has 1 fully saturated rings. The molecule has 0 radical (unpaired) electrons. The van der Waals surface area contributed by atoms with Crippen molar-refractivity contribution in [1.29, 1.82) is 0 Å². The van der Waals surface area contributed by atoms with Crippen LogP contribution in [0.15, 0.2) is 18.2 Å². The van der Waals surface area contributed by atoms with E-state index in [2.05, 4.69) is 32.0 Å². The van der Waals surface area contributed by atoms with Crippen molar-refractivity contribution in [2.45, 2.75) is 40.0 Å². The highest BCUT2D eigenvalue weighted by Crippen LogP contribution is 2.23. The van der Waals surface area contributed by atoms with Crippen LogP contribution in [0.1, 0.15) is 36.5 Å². The van der Waals surface area contributed by atoms with Crippen LogP contribution in [0.3, 0.4) is 0 Å². The van der Waals surface area contributed by atoms with E-state index < -0.39 is 11.9 Å². The number of carbonyl (C=O) groups is 2. The molecule has 2 unspecified atom stereocenters. The van der Waals surface area contributed by atoms with E-state index in [1.54, 1.807) is 4.90 Å². The lowest BCUT2D eigenvalue weighted by Crippen LogP contribution is -2.45. The Labute approximate surface area is 132 Å². The molecule has 0 spiro atoms. The average molecular weight is 303 g/mol. The van der Waals surface area contributed by atoms with Gasteiger partial charge in [-0.2, -0.15) is 0 Å². The van der Waals surface area contributed by atoms with Crippen LogP contribution in [0, 0.1) is 25.7 Å². The van der Waals surface area contributed by atoms with E-state index in [0.29, 0.717) is 32.4 Å². The number of hydrogen-bond donors (Lipinski definition) is 1. The summed E-state index contributed by atoms with van der Waals surface area (Å²) < 4.78 is 0. The molecule has 1 aliphatic rings. The van der Waals surface area contributed by atoms with E-state index in [1.807, 2.05) is 6.92 Å². The summed E-state index contributed by atoms with van der Waals surface area (Å²) >= 11 is 0. The number of benzene rings is 1. The van der Waals surface area contributed by atoms with Gasteiger partial charge in [0.05, 0.1) is 5.92 Å². The van der Waals surface area contributed by atoms with E-state index in [-0.39, 0.29) is 11.8 Å². The number of rotatable bonds is 4. The van der Waals surface area contributed by atoms with Gasteiger partial charge in [0.15, 0.2) is 0 Å².